The van der Waals surface area contributed by atoms with Crippen molar-refractivity contribution in [1.82, 2.24) is 0 Å². The summed E-state index contributed by atoms with van der Waals surface area (Å²) in [5, 5.41) is 2.26. The number of hydrogen-bond donors (Lipinski definition) is 2. The second kappa shape index (κ2) is 5.07. The fourth-order valence-electron chi connectivity index (χ4n) is 1.39. The van der Waals surface area contributed by atoms with Crippen LogP contribution in [-0.2, 0) is 0 Å². The molecule has 0 heterocycles. The average molecular weight is 225 g/mol. The molecule has 3 nitrogen and oxygen atoms in total. The lowest BCUT2D eigenvalue weighted by Crippen LogP contribution is -2.03. The van der Waals surface area contributed by atoms with Crippen LogP contribution >= 0.6 is 12.6 Å². The molecule has 1 N–H and O–H groups in total. The number of carbonyl (C=O) groups excluding carboxylic acids is 1. The van der Waals surface area contributed by atoms with Crippen LogP contribution in [-0.4, -0.2) is 12.3 Å². The van der Waals surface area contributed by atoms with Gasteiger partial charge >= 0.3 is 0 Å². The third-order valence-electron chi connectivity index (χ3n) is 2.10. The topological polar surface area (TPSA) is 38.3 Å². The number of methoxy groups -OCH3 is 1. The van der Waals surface area contributed by atoms with E-state index in [0.717, 1.165) is 17.0 Å². The van der Waals surface area contributed by atoms with Gasteiger partial charge in [0.2, 0.25) is 0 Å². The molecule has 0 radical (unpaired) electrons. The Morgan fingerprint density at radius 3 is 2.60 bits per heavy atom. The van der Waals surface area contributed by atoms with E-state index in [0.29, 0.717) is 5.92 Å². The predicted octanol–water partition coefficient (Wildman–Crippen LogP) is 3.28. The summed E-state index contributed by atoms with van der Waals surface area (Å²) >= 11 is 3.66. The first-order valence-corrected chi connectivity index (χ1v) is 5.17. The lowest BCUT2D eigenvalue weighted by Gasteiger charge is -2.13. The van der Waals surface area contributed by atoms with Crippen LogP contribution in [0.2, 0.25) is 0 Å². The fraction of sp³-hybridized carbons (Fsp3) is 0.364. The smallest absolute Gasteiger partial charge is 0.280 e. The maximum atomic E-state index is 10.8. The van der Waals surface area contributed by atoms with Gasteiger partial charge in [0, 0.05) is 5.69 Å². The minimum Gasteiger partial charge on any atom is -0.496 e. The fourth-order valence-corrected chi connectivity index (χ4v) is 1.52. The summed E-state index contributed by atoms with van der Waals surface area (Å²) in [7, 11) is 1.64. The molecular weight excluding hydrogens is 210 g/mol. The molecule has 0 aromatic heterocycles. The Morgan fingerprint density at radius 1 is 1.47 bits per heavy atom. The maximum absolute atomic E-state index is 10.8. The number of ether oxygens (including phenoxy) is 1. The SMILES string of the molecule is COc1ccc(NC(=O)S)cc1C(C)C. The number of nitrogens with one attached hydrogen (secondary N) is 1. The molecule has 0 aliphatic heterocycles. The number of carbonyl (C=O) groups is 1. The third kappa shape index (κ3) is 3.16. The molecule has 82 valence electrons. The van der Waals surface area contributed by atoms with Crippen molar-refractivity contribution in [1.29, 1.82) is 0 Å². The van der Waals surface area contributed by atoms with Crippen LogP contribution < -0.4 is 10.1 Å². The Hall–Kier alpha value is -1.16. The van der Waals surface area contributed by atoms with Crippen molar-refractivity contribution >= 4 is 23.6 Å². The van der Waals surface area contributed by atoms with Gasteiger partial charge in [-0.2, -0.15) is 0 Å². The molecular formula is C11H15NO2S. The number of hydrogen-bond acceptors (Lipinski definition) is 2. The molecule has 1 aromatic rings. The molecule has 0 saturated carbocycles. The minimum atomic E-state index is -0.366. The highest BCUT2D eigenvalue weighted by Gasteiger charge is 2.08. The minimum absolute atomic E-state index is 0.344. The van der Waals surface area contributed by atoms with Gasteiger partial charge < -0.3 is 10.1 Å². The summed E-state index contributed by atoms with van der Waals surface area (Å²) in [6.45, 7) is 4.15. The summed E-state index contributed by atoms with van der Waals surface area (Å²) < 4.78 is 5.23. The molecule has 0 aliphatic carbocycles. The highest BCUT2D eigenvalue weighted by atomic mass is 32.1. The molecule has 0 atom stereocenters. The van der Waals surface area contributed by atoms with E-state index < -0.39 is 0 Å². The van der Waals surface area contributed by atoms with Crippen LogP contribution in [0.5, 0.6) is 5.75 Å². The standard InChI is InChI=1S/C11H15NO2S/c1-7(2)9-6-8(12-11(13)15)4-5-10(9)14-3/h4-7H,1-3H3,(H2,12,13,15). The second-order valence-electron chi connectivity index (χ2n) is 3.54. The molecule has 0 spiro atoms. The summed E-state index contributed by atoms with van der Waals surface area (Å²) in [5.41, 5.74) is 1.80. The molecule has 1 rings (SSSR count). The van der Waals surface area contributed by atoms with Crippen molar-refractivity contribution in [3.63, 3.8) is 0 Å². The van der Waals surface area contributed by atoms with Gasteiger partial charge in [-0.05, 0) is 29.7 Å². The van der Waals surface area contributed by atoms with Gasteiger partial charge in [-0.25, -0.2) is 0 Å². The van der Waals surface area contributed by atoms with E-state index >= 15 is 0 Å². The monoisotopic (exact) mass is 225 g/mol. The zero-order valence-electron chi connectivity index (χ0n) is 9.07. The molecule has 0 unspecified atom stereocenters. The van der Waals surface area contributed by atoms with Crippen LogP contribution in [0.1, 0.15) is 25.3 Å². The van der Waals surface area contributed by atoms with Crippen molar-refractivity contribution in [2.24, 2.45) is 0 Å². The predicted molar refractivity (Wildman–Crippen MR) is 65.1 cm³/mol. The molecule has 0 saturated heterocycles. The average Bonchev–Trinajstić information content (AvgIpc) is 2.16. The van der Waals surface area contributed by atoms with E-state index in [4.69, 9.17) is 4.74 Å². The van der Waals surface area contributed by atoms with Gasteiger partial charge in [0.25, 0.3) is 5.24 Å². The zero-order chi connectivity index (χ0) is 11.4. The first-order chi connectivity index (χ1) is 7.04. The van der Waals surface area contributed by atoms with E-state index in [1.165, 1.54) is 0 Å². The van der Waals surface area contributed by atoms with Crippen molar-refractivity contribution in [3.8, 4) is 5.75 Å². The lowest BCUT2D eigenvalue weighted by molar-refractivity contribution is 0.270. The van der Waals surface area contributed by atoms with Crippen LogP contribution in [0.3, 0.4) is 0 Å². The van der Waals surface area contributed by atoms with Crippen LogP contribution in [0.15, 0.2) is 18.2 Å². The van der Waals surface area contributed by atoms with Crippen LogP contribution in [0, 0.1) is 0 Å². The normalized spacial score (nSPS) is 10.2. The number of benzene rings is 1. The lowest BCUT2D eigenvalue weighted by atomic mass is 10.0. The van der Waals surface area contributed by atoms with Gasteiger partial charge in [-0.15, -0.1) is 0 Å². The molecule has 4 heteroatoms. The van der Waals surface area contributed by atoms with Gasteiger partial charge in [0.15, 0.2) is 0 Å². The summed E-state index contributed by atoms with van der Waals surface area (Å²) in [5.74, 6) is 1.18. The molecule has 0 bridgehead atoms. The quantitative estimate of drug-likeness (QED) is 0.775. The summed E-state index contributed by atoms with van der Waals surface area (Å²) in [4.78, 5) is 10.8. The van der Waals surface area contributed by atoms with Gasteiger partial charge in [-0.3, -0.25) is 4.79 Å². The van der Waals surface area contributed by atoms with Crippen molar-refractivity contribution in [3.05, 3.63) is 23.8 Å². The Kier molecular flexibility index (Phi) is 4.03. The highest BCUT2D eigenvalue weighted by molar-refractivity contribution is 7.96. The first-order valence-electron chi connectivity index (χ1n) is 4.72. The van der Waals surface area contributed by atoms with Crippen LogP contribution in [0.25, 0.3) is 0 Å². The summed E-state index contributed by atoms with van der Waals surface area (Å²) in [6.07, 6.45) is 0. The Morgan fingerprint density at radius 2 is 2.13 bits per heavy atom. The van der Waals surface area contributed by atoms with Crippen molar-refractivity contribution in [2.75, 3.05) is 12.4 Å². The molecule has 1 aromatic carbocycles. The van der Waals surface area contributed by atoms with E-state index in [1.54, 1.807) is 13.2 Å². The molecule has 0 fully saturated rings. The number of thiol groups is 1. The Balaban J connectivity index is 3.04. The number of anilines is 1. The van der Waals surface area contributed by atoms with E-state index in [2.05, 4.69) is 31.8 Å². The van der Waals surface area contributed by atoms with E-state index in [1.807, 2.05) is 12.1 Å². The highest BCUT2D eigenvalue weighted by Crippen LogP contribution is 2.29. The summed E-state index contributed by atoms with van der Waals surface area (Å²) in [6, 6.07) is 5.53. The first kappa shape index (κ1) is 11.9. The molecule has 0 aliphatic rings. The van der Waals surface area contributed by atoms with E-state index in [9.17, 15) is 4.79 Å². The largest absolute Gasteiger partial charge is 0.496 e. The Labute approximate surface area is 95.2 Å². The van der Waals surface area contributed by atoms with Crippen molar-refractivity contribution in [2.45, 2.75) is 19.8 Å². The second-order valence-corrected chi connectivity index (χ2v) is 3.95. The number of amides is 1. The third-order valence-corrected chi connectivity index (χ3v) is 2.21. The van der Waals surface area contributed by atoms with Crippen LogP contribution in [0.4, 0.5) is 10.5 Å². The zero-order valence-corrected chi connectivity index (χ0v) is 9.97. The molecule has 1 amide bonds. The Bertz CT molecular complexity index is 364. The van der Waals surface area contributed by atoms with Gasteiger partial charge in [-0.1, -0.05) is 26.5 Å². The van der Waals surface area contributed by atoms with E-state index in [-0.39, 0.29) is 5.24 Å². The number of rotatable bonds is 3. The maximum Gasteiger partial charge on any atom is 0.280 e. The van der Waals surface area contributed by atoms with Gasteiger partial charge in [0.05, 0.1) is 7.11 Å². The van der Waals surface area contributed by atoms with Gasteiger partial charge in [0.1, 0.15) is 5.75 Å². The van der Waals surface area contributed by atoms with Crippen molar-refractivity contribution < 1.29 is 9.53 Å². The molecule has 15 heavy (non-hydrogen) atoms.